The predicted molar refractivity (Wildman–Crippen MR) is 123 cm³/mol. The molecule has 0 aromatic carbocycles. The second kappa shape index (κ2) is 13.6. The van der Waals surface area contributed by atoms with Gasteiger partial charge in [0.1, 0.15) is 0 Å². The molecule has 0 aliphatic carbocycles. The average molecular weight is 510 g/mol. The van der Waals surface area contributed by atoms with E-state index in [9.17, 15) is 4.79 Å². The smallest absolute Gasteiger partial charge is 0.308 e. The van der Waals surface area contributed by atoms with Crippen LogP contribution < -0.4 is 5.32 Å². The maximum absolute atomic E-state index is 11.7. The molecule has 1 unspecified atom stereocenters. The number of nitrogens with one attached hydrogen (secondary N) is 1. The van der Waals surface area contributed by atoms with E-state index in [2.05, 4.69) is 34.0 Å². The number of likely N-dealkylation sites (tertiary alicyclic amines) is 1. The van der Waals surface area contributed by atoms with E-state index in [0.717, 1.165) is 64.7 Å². The van der Waals surface area contributed by atoms with Gasteiger partial charge in [0.2, 0.25) is 0 Å². The topological polar surface area (TPSA) is 66.4 Å². The number of hydrogen-bond acceptors (Lipinski definition) is 5. The van der Waals surface area contributed by atoms with Crippen LogP contribution in [-0.4, -0.2) is 87.9 Å². The van der Waals surface area contributed by atoms with E-state index >= 15 is 0 Å². The van der Waals surface area contributed by atoms with Crippen molar-refractivity contribution >= 4 is 35.9 Å². The molecule has 0 bridgehead atoms. The molecular weight excluding hydrogens is 471 g/mol. The van der Waals surface area contributed by atoms with Crippen LogP contribution in [0.25, 0.3) is 0 Å². The van der Waals surface area contributed by atoms with E-state index in [4.69, 9.17) is 9.47 Å². The molecule has 8 heteroatoms. The molecule has 1 atom stereocenters. The van der Waals surface area contributed by atoms with Gasteiger partial charge in [-0.25, -0.2) is 0 Å². The fourth-order valence-corrected chi connectivity index (χ4v) is 4.36. The summed E-state index contributed by atoms with van der Waals surface area (Å²) >= 11 is 0. The summed E-state index contributed by atoms with van der Waals surface area (Å²) in [4.78, 5) is 21.1. The monoisotopic (exact) mass is 510 g/mol. The van der Waals surface area contributed by atoms with E-state index < -0.39 is 0 Å². The van der Waals surface area contributed by atoms with Crippen molar-refractivity contribution in [3.8, 4) is 0 Å². The summed E-state index contributed by atoms with van der Waals surface area (Å²) in [5.74, 6) is 1.55. The number of ether oxygens (including phenoxy) is 2. The van der Waals surface area contributed by atoms with Crippen molar-refractivity contribution in [2.24, 2.45) is 16.8 Å². The summed E-state index contributed by atoms with van der Waals surface area (Å²) in [6.45, 7) is 10.8. The first kappa shape index (κ1) is 25.4. The Morgan fingerprint density at radius 2 is 1.79 bits per heavy atom. The minimum Gasteiger partial charge on any atom is -0.469 e. The van der Waals surface area contributed by atoms with Gasteiger partial charge in [0, 0.05) is 45.8 Å². The number of guanidine groups is 1. The number of carbonyl (C=O) groups is 1. The van der Waals surface area contributed by atoms with E-state index in [1.807, 2.05) is 7.05 Å². The molecule has 0 saturated carbocycles. The zero-order valence-corrected chi connectivity index (χ0v) is 20.3. The van der Waals surface area contributed by atoms with Crippen LogP contribution in [0, 0.1) is 11.8 Å². The first-order valence-corrected chi connectivity index (χ1v) is 10.5. The molecule has 7 nitrogen and oxygen atoms in total. The molecule has 164 valence electrons. The second-order valence-electron chi connectivity index (χ2n) is 7.50. The number of morpholine rings is 1. The maximum Gasteiger partial charge on any atom is 0.308 e. The first-order valence-electron chi connectivity index (χ1n) is 10.5. The summed E-state index contributed by atoms with van der Waals surface area (Å²) in [5.41, 5.74) is 0. The maximum atomic E-state index is 11.7. The molecule has 2 aliphatic heterocycles. The van der Waals surface area contributed by atoms with Crippen LogP contribution in [0.2, 0.25) is 0 Å². The van der Waals surface area contributed by atoms with Gasteiger partial charge < -0.3 is 19.7 Å². The van der Waals surface area contributed by atoms with Crippen molar-refractivity contribution in [3.05, 3.63) is 0 Å². The Balaban J connectivity index is 0.00000392. The van der Waals surface area contributed by atoms with Gasteiger partial charge in [0.15, 0.2) is 5.96 Å². The number of methoxy groups -OCH3 is 1. The van der Waals surface area contributed by atoms with Crippen LogP contribution >= 0.6 is 24.0 Å². The number of halogens is 1. The van der Waals surface area contributed by atoms with Crippen molar-refractivity contribution in [1.82, 2.24) is 15.1 Å². The predicted octanol–water partition coefficient (Wildman–Crippen LogP) is 2.20. The number of rotatable bonds is 7. The Bertz CT molecular complexity index is 474. The molecule has 0 radical (unpaired) electrons. The van der Waals surface area contributed by atoms with E-state index in [1.54, 1.807) is 0 Å². The molecule has 28 heavy (non-hydrogen) atoms. The Morgan fingerprint density at radius 1 is 1.18 bits per heavy atom. The molecule has 2 heterocycles. The lowest BCUT2D eigenvalue weighted by atomic mass is 9.92. The van der Waals surface area contributed by atoms with Gasteiger partial charge in [-0.05, 0) is 18.8 Å². The first-order chi connectivity index (χ1) is 13.1. The highest BCUT2D eigenvalue weighted by molar-refractivity contribution is 14.0. The van der Waals surface area contributed by atoms with Crippen LogP contribution in [0.5, 0.6) is 0 Å². The molecule has 1 N–H and O–H groups in total. The Labute approximate surface area is 187 Å². The van der Waals surface area contributed by atoms with Gasteiger partial charge in [-0.3, -0.25) is 14.7 Å². The Kier molecular flexibility index (Phi) is 12.3. The molecule has 0 aromatic rings. The van der Waals surface area contributed by atoms with Gasteiger partial charge in [0.25, 0.3) is 0 Å². The number of carbonyl (C=O) groups excluding carboxylic acids is 1. The molecule has 2 aliphatic rings. The van der Waals surface area contributed by atoms with Gasteiger partial charge in [0.05, 0.1) is 26.2 Å². The van der Waals surface area contributed by atoms with Gasteiger partial charge in [-0.15, -0.1) is 24.0 Å². The number of piperidine rings is 1. The van der Waals surface area contributed by atoms with Gasteiger partial charge >= 0.3 is 5.97 Å². The van der Waals surface area contributed by atoms with Crippen molar-refractivity contribution in [2.45, 2.75) is 45.6 Å². The second-order valence-corrected chi connectivity index (χ2v) is 7.50. The highest BCUT2D eigenvalue weighted by Gasteiger charge is 2.29. The van der Waals surface area contributed by atoms with Crippen molar-refractivity contribution < 1.29 is 14.3 Å². The van der Waals surface area contributed by atoms with Crippen LogP contribution in [-0.2, 0) is 14.3 Å². The third-order valence-corrected chi connectivity index (χ3v) is 6.12. The third-order valence-electron chi connectivity index (χ3n) is 6.12. The van der Waals surface area contributed by atoms with E-state index in [1.165, 1.54) is 20.0 Å². The van der Waals surface area contributed by atoms with Crippen LogP contribution in [0.4, 0.5) is 0 Å². The number of nitrogens with zero attached hydrogens (tertiary/aromatic N) is 3. The summed E-state index contributed by atoms with van der Waals surface area (Å²) < 4.78 is 10.4. The van der Waals surface area contributed by atoms with Crippen LogP contribution in [0.1, 0.15) is 39.5 Å². The zero-order chi connectivity index (χ0) is 19.6. The van der Waals surface area contributed by atoms with Gasteiger partial charge in [-0.2, -0.15) is 0 Å². The lowest BCUT2D eigenvalue weighted by Crippen LogP contribution is -2.54. The quantitative estimate of drug-likeness (QED) is 0.245. The summed E-state index contributed by atoms with van der Waals surface area (Å²) in [6, 6.07) is 0.494. The molecule has 2 rings (SSSR count). The van der Waals surface area contributed by atoms with Crippen molar-refractivity contribution in [1.29, 1.82) is 0 Å². The highest BCUT2D eigenvalue weighted by Crippen LogP contribution is 2.21. The summed E-state index contributed by atoms with van der Waals surface area (Å²) in [6.07, 6.45) is 4.02. The highest BCUT2D eigenvalue weighted by atomic mass is 127. The van der Waals surface area contributed by atoms with Crippen molar-refractivity contribution in [3.63, 3.8) is 0 Å². The lowest BCUT2D eigenvalue weighted by Gasteiger charge is -2.40. The zero-order valence-electron chi connectivity index (χ0n) is 18.0. The Hall–Kier alpha value is -0.610. The number of aliphatic imine (C=N–C) groups is 1. The number of hydrogen-bond donors (Lipinski definition) is 1. The molecular formula is C20H39IN4O3. The largest absolute Gasteiger partial charge is 0.469 e. The fourth-order valence-electron chi connectivity index (χ4n) is 4.36. The number of esters is 1. The summed E-state index contributed by atoms with van der Waals surface area (Å²) in [5, 5.41) is 3.62. The standard InChI is InChI=1S/C20H38N4O3.HI/c1-5-16(6-2)18(23-11-13-27-14-12-23)15-22-20(21-3)24-9-7-17(8-10-24)19(25)26-4;/h16-18H,5-15H2,1-4H3,(H,21,22);1H. The minimum atomic E-state index is -0.0845. The Morgan fingerprint density at radius 3 is 2.29 bits per heavy atom. The van der Waals surface area contributed by atoms with Crippen molar-refractivity contribution in [2.75, 3.05) is 60.1 Å². The SMILES string of the molecule is CCC(CC)C(CNC(=NC)N1CCC(C(=O)OC)CC1)N1CCOCC1.I. The van der Waals surface area contributed by atoms with Crippen LogP contribution in [0.3, 0.4) is 0 Å². The molecule has 2 saturated heterocycles. The van der Waals surface area contributed by atoms with E-state index in [-0.39, 0.29) is 35.9 Å². The minimum absolute atomic E-state index is 0. The average Bonchev–Trinajstić information content (AvgIpc) is 2.74. The molecule has 0 aromatic heterocycles. The molecule has 2 fully saturated rings. The third kappa shape index (κ3) is 7.02. The lowest BCUT2D eigenvalue weighted by molar-refractivity contribution is -0.146. The molecule has 0 amide bonds. The van der Waals surface area contributed by atoms with Gasteiger partial charge in [-0.1, -0.05) is 26.7 Å². The fraction of sp³-hybridized carbons (Fsp3) is 0.900. The normalized spacial score (nSPS) is 20.6. The van der Waals surface area contributed by atoms with Crippen LogP contribution in [0.15, 0.2) is 4.99 Å². The van der Waals surface area contributed by atoms with E-state index in [0.29, 0.717) is 12.0 Å². The summed E-state index contributed by atoms with van der Waals surface area (Å²) in [7, 11) is 3.31. The molecule has 0 spiro atoms.